The highest BCUT2D eigenvalue weighted by Gasteiger charge is 2.24. The Kier molecular flexibility index (Phi) is 8.14. The zero-order valence-electron chi connectivity index (χ0n) is 21.0. The lowest BCUT2D eigenvalue weighted by Crippen LogP contribution is -2.30. The molecule has 1 aliphatic heterocycles. The summed E-state index contributed by atoms with van der Waals surface area (Å²) in [6.07, 6.45) is 4.14. The van der Waals surface area contributed by atoms with Crippen molar-refractivity contribution in [1.82, 2.24) is 20.1 Å². The van der Waals surface area contributed by atoms with Gasteiger partial charge in [0.25, 0.3) is 5.91 Å². The molecule has 3 heterocycles. The number of nitrogens with zero attached hydrogens (tertiary/aromatic N) is 3. The van der Waals surface area contributed by atoms with Crippen LogP contribution < -0.4 is 10.6 Å². The maximum atomic E-state index is 13.6. The van der Waals surface area contributed by atoms with E-state index in [1.54, 1.807) is 29.1 Å². The SMILES string of the molecule is O=C(O)CC(NC(=O)c1cn(CCc2ccc3c(n2)NCCC3)nc1-c1ccccc1)c1ccc(Cl)c(Cl)c1. The third kappa shape index (κ3) is 6.41. The number of hydrogen-bond donors (Lipinski definition) is 3. The van der Waals surface area contributed by atoms with Crippen molar-refractivity contribution in [1.29, 1.82) is 0 Å². The third-order valence-corrected chi connectivity index (χ3v) is 7.37. The van der Waals surface area contributed by atoms with Crippen molar-refractivity contribution in [3.8, 4) is 11.3 Å². The van der Waals surface area contributed by atoms with Gasteiger partial charge in [0, 0.05) is 37.0 Å². The Labute approximate surface area is 236 Å². The van der Waals surface area contributed by atoms with Crippen molar-refractivity contribution < 1.29 is 14.7 Å². The van der Waals surface area contributed by atoms with Gasteiger partial charge in [-0.05, 0) is 42.2 Å². The Balaban J connectivity index is 1.41. The molecule has 0 aliphatic carbocycles. The second-order valence-corrected chi connectivity index (χ2v) is 10.2. The number of aryl methyl sites for hydroxylation is 3. The van der Waals surface area contributed by atoms with Gasteiger partial charge in [-0.25, -0.2) is 4.98 Å². The number of aromatic nitrogens is 3. The molecule has 10 heteroatoms. The molecule has 2 aromatic heterocycles. The highest BCUT2D eigenvalue weighted by Crippen LogP contribution is 2.29. The Morgan fingerprint density at radius 1 is 1.08 bits per heavy atom. The van der Waals surface area contributed by atoms with Gasteiger partial charge in [-0.3, -0.25) is 14.3 Å². The van der Waals surface area contributed by atoms with Gasteiger partial charge in [0.2, 0.25) is 0 Å². The second kappa shape index (κ2) is 11.9. The summed E-state index contributed by atoms with van der Waals surface area (Å²) in [4.78, 5) is 29.9. The normalized spacial score (nSPS) is 13.3. The van der Waals surface area contributed by atoms with Gasteiger partial charge in [-0.15, -0.1) is 0 Å². The van der Waals surface area contributed by atoms with Gasteiger partial charge in [0.05, 0.1) is 28.1 Å². The summed E-state index contributed by atoms with van der Waals surface area (Å²) < 4.78 is 1.73. The number of nitrogens with one attached hydrogen (secondary N) is 2. The van der Waals surface area contributed by atoms with E-state index in [-0.39, 0.29) is 11.4 Å². The first-order valence-corrected chi connectivity index (χ1v) is 13.5. The third-order valence-electron chi connectivity index (χ3n) is 6.63. The van der Waals surface area contributed by atoms with Gasteiger partial charge in [-0.1, -0.05) is 65.7 Å². The summed E-state index contributed by atoms with van der Waals surface area (Å²) in [5.74, 6) is -0.554. The van der Waals surface area contributed by atoms with E-state index in [2.05, 4.69) is 16.7 Å². The second-order valence-electron chi connectivity index (χ2n) is 9.41. The van der Waals surface area contributed by atoms with Crippen molar-refractivity contribution in [2.45, 2.75) is 38.3 Å². The van der Waals surface area contributed by atoms with Crippen LogP contribution >= 0.6 is 23.2 Å². The number of benzene rings is 2. The number of carboxylic acids is 1. The smallest absolute Gasteiger partial charge is 0.305 e. The molecule has 1 aliphatic rings. The molecule has 0 fully saturated rings. The molecule has 0 bridgehead atoms. The molecule has 0 saturated heterocycles. The number of aliphatic carboxylic acids is 1. The summed E-state index contributed by atoms with van der Waals surface area (Å²) in [5, 5.41) is 21.1. The van der Waals surface area contributed by atoms with Crippen molar-refractivity contribution in [2.24, 2.45) is 0 Å². The van der Waals surface area contributed by atoms with E-state index in [1.807, 2.05) is 36.4 Å². The number of carboxylic acid groups (broad SMARTS) is 1. The van der Waals surface area contributed by atoms with E-state index in [9.17, 15) is 14.7 Å². The lowest BCUT2D eigenvalue weighted by Gasteiger charge is -2.18. The first-order chi connectivity index (χ1) is 18.9. The number of halogens is 2. The molecular formula is C29H27Cl2N5O3. The van der Waals surface area contributed by atoms with Crippen LogP contribution in [0, 0.1) is 0 Å². The van der Waals surface area contributed by atoms with Crippen LogP contribution in [0.2, 0.25) is 10.0 Å². The monoisotopic (exact) mass is 563 g/mol. The van der Waals surface area contributed by atoms with Crippen LogP contribution in [0.4, 0.5) is 5.82 Å². The summed E-state index contributed by atoms with van der Waals surface area (Å²) >= 11 is 12.2. The fourth-order valence-electron chi connectivity index (χ4n) is 4.64. The van der Waals surface area contributed by atoms with Crippen molar-refractivity contribution in [2.75, 3.05) is 11.9 Å². The average molecular weight is 564 g/mol. The van der Waals surface area contributed by atoms with Crippen molar-refractivity contribution in [3.63, 3.8) is 0 Å². The van der Waals surface area contributed by atoms with Crippen LogP contribution in [0.5, 0.6) is 0 Å². The fourth-order valence-corrected chi connectivity index (χ4v) is 4.95. The van der Waals surface area contributed by atoms with Crippen molar-refractivity contribution in [3.05, 3.63) is 99.3 Å². The number of rotatable bonds is 9. The quantitative estimate of drug-likeness (QED) is 0.237. The van der Waals surface area contributed by atoms with E-state index in [1.165, 1.54) is 5.56 Å². The zero-order chi connectivity index (χ0) is 27.4. The largest absolute Gasteiger partial charge is 0.481 e. The minimum atomic E-state index is -1.06. The Morgan fingerprint density at radius 3 is 2.67 bits per heavy atom. The number of carbonyl (C=O) groups excluding carboxylic acids is 1. The van der Waals surface area contributed by atoms with Crippen molar-refractivity contribution >= 4 is 40.9 Å². The molecule has 0 radical (unpaired) electrons. The molecule has 3 N–H and O–H groups in total. The van der Waals surface area contributed by atoms with Gasteiger partial charge in [0.15, 0.2) is 0 Å². The van der Waals surface area contributed by atoms with Crippen LogP contribution in [-0.4, -0.2) is 38.3 Å². The maximum Gasteiger partial charge on any atom is 0.305 e. The minimum Gasteiger partial charge on any atom is -0.481 e. The topological polar surface area (TPSA) is 109 Å². The Morgan fingerprint density at radius 2 is 1.90 bits per heavy atom. The number of anilines is 1. The summed E-state index contributed by atoms with van der Waals surface area (Å²) in [6.45, 7) is 1.44. The lowest BCUT2D eigenvalue weighted by atomic mass is 10.0. The molecule has 200 valence electrons. The fraction of sp³-hybridized carbons (Fsp3) is 0.241. The highest BCUT2D eigenvalue weighted by molar-refractivity contribution is 6.42. The summed E-state index contributed by atoms with van der Waals surface area (Å²) in [6, 6.07) is 17.6. The van der Waals surface area contributed by atoms with Crippen LogP contribution in [0.15, 0.2) is 66.9 Å². The van der Waals surface area contributed by atoms with E-state index in [0.717, 1.165) is 36.5 Å². The molecular weight excluding hydrogens is 537 g/mol. The van der Waals surface area contributed by atoms with Crippen LogP contribution in [-0.2, 0) is 24.2 Å². The van der Waals surface area contributed by atoms with E-state index in [4.69, 9.17) is 33.3 Å². The molecule has 4 aromatic rings. The van der Waals surface area contributed by atoms with Gasteiger partial charge in [-0.2, -0.15) is 5.10 Å². The summed E-state index contributed by atoms with van der Waals surface area (Å²) in [7, 11) is 0. The molecule has 39 heavy (non-hydrogen) atoms. The highest BCUT2D eigenvalue weighted by atomic mass is 35.5. The number of fused-ring (bicyclic) bond motifs is 1. The molecule has 1 amide bonds. The lowest BCUT2D eigenvalue weighted by molar-refractivity contribution is -0.137. The minimum absolute atomic E-state index is 0.280. The number of amides is 1. The standard InChI is InChI=1S/C29H27Cl2N5O3/c30-23-11-9-20(15-24(23)31)25(16-26(37)38)34-29(39)22-17-36(35-27(22)18-5-2-1-3-6-18)14-12-21-10-8-19-7-4-13-32-28(19)33-21/h1-3,5-6,8-11,15,17,25H,4,7,12-14,16H2,(H,32,33)(H,34,39)(H,37,38). The summed E-state index contributed by atoms with van der Waals surface area (Å²) in [5.41, 5.74) is 4.34. The number of pyridine rings is 1. The molecule has 1 unspecified atom stereocenters. The van der Waals surface area contributed by atoms with Crippen LogP contribution in [0.3, 0.4) is 0 Å². The first-order valence-electron chi connectivity index (χ1n) is 12.7. The molecule has 0 spiro atoms. The van der Waals surface area contributed by atoms with Crippen LogP contribution in [0.1, 0.15) is 46.1 Å². The van der Waals surface area contributed by atoms with Gasteiger partial charge >= 0.3 is 5.97 Å². The average Bonchev–Trinajstić information content (AvgIpc) is 3.38. The molecule has 1 atom stereocenters. The van der Waals surface area contributed by atoms with E-state index in [0.29, 0.717) is 34.8 Å². The zero-order valence-corrected chi connectivity index (χ0v) is 22.5. The first kappa shape index (κ1) is 26.7. The van der Waals surface area contributed by atoms with E-state index < -0.39 is 17.9 Å². The predicted octanol–water partition coefficient (Wildman–Crippen LogP) is 5.80. The number of hydrogen-bond acceptors (Lipinski definition) is 5. The number of carbonyl (C=O) groups is 2. The maximum absolute atomic E-state index is 13.6. The van der Waals surface area contributed by atoms with Crippen LogP contribution in [0.25, 0.3) is 11.3 Å². The molecule has 5 rings (SSSR count). The molecule has 8 nitrogen and oxygen atoms in total. The molecule has 2 aromatic carbocycles. The van der Waals surface area contributed by atoms with Gasteiger partial charge in [0.1, 0.15) is 11.5 Å². The van der Waals surface area contributed by atoms with E-state index >= 15 is 0 Å². The predicted molar refractivity (Wildman–Crippen MR) is 151 cm³/mol. The Bertz CT molecular complexity index is 1510. The van der Waals surface area contributed by atoms with Gasteiger partial charge < -0.3 is 15.7 Å². The Hall–Kier alpha value is -3.88. The molecule has 0 saturated carbocycles.